The molecular weight excluding hydrogens is 375 g/mol. The first-order valence-corrected chi connectivity index (χ1v) is 8.74. The van der Waals surface area contributed by atoms with Gasteiger partial charge in [0.1, 0.15) is 23.1 Å². The van der Waals surface area contributed by atoms with E-state index in [1.165, 1.54) is 37.5 Å². The SMILES string of the molecule is COc1ccc2c(c1)O/C(=C\c1ccccc1OC(=O)c1ccc(F)cc1)C2=O. The van der Waals surface area contributed by atoms with Crippen LogP contribution in [-0.2, 0) is 0 Å². The molecule has 3 aromatic rings. The van der Waals surface area contributed by atoms with Crippen LogP contribution in [0.1, 0.15) is 26.3 Å². The maximum atomic E-state index is 13.1. The van der Waals surface area contributed by atoms with Crippen molar-refractivity contribution in [2.24, 2.45) is 0 Å². The van der Waals surface area contributed by atoms with Gasteiger partial charge in [0.25, 0.3) is 0 Å². The third-order valence-corrected chi connectivity index (χ3v) is 4.37. The quantitative estimate of drug-likeness (QED) is 0.368. The second-order valence-corrected chi connectivity index (χ2v) is 6.24. The average molecular weight is 390 g/mol. The number of allylic oxidation sites excluding steroid dienone is 1. The largest absolute Gasteiger partial charge is 0.497 e. The lowest BCUT2D eigenvalue weighted by molar-refractivity contribution is 0.0734. The lowest BCUT2D eigenvalue weighted by Gasteiger charge is -2.08. The molecule has 0 spiro atoms. The number of Topliss-reactive ketones (excluding diaryl/α,β-unsaturated/α-hetero) is 1. The highest BCUT2D eigenvalue weighted by atomic mass is 19.1. The fraction of sp³-hybridized carbons (Fsp3) is 0.0435. The van der Waals surface area contributed by atoms with Crippen molar-refractivity contribution < 1.29 is 28.2 Å². The number of rotatable bonds is 4. The molecule has 0 N–H and O–H groups in total. The number of methoxy groups -OCH3 is 1. The first-order valence-electron chi connectivity index (χ1n) is 8.74. The Morgan fingerprint density at radius 3 is 2.55 bits per heavy atom. The van der Waals surface area contributed by atoms with E-state index >= 15 is 0 Å². The van der Waals surface area contributed by atoms with Gasteiger partial charge in [0.15, 0.2) is 5.76 Å². The Morgan fingerprint density at radius 2 is 1.79 bits per heavy atom. The normalized spacial score (nSPS) is 13.7. The van der Waals surface area contributed by atoms with Gasteiger partial charge < -0.3 is 14.2 Å². The summed E-state index contributed by atoms with van der Waals surface area (Å²) in [5, 5.41) is 0. The van der Waals surface area contributed by atoms with Crippen LogP contribution in [0.4, 0.5) is 4.39 Å². The van der Waals surface area contributed by atoms with Crippen molar-refractivity contribution in [3.8, 4) is 17.2 Å². The molecule has 3 aromatic carbocycles. The molecule has 29 heavy (non-hydrogen) atoms. The van der Waals surface area contributed by atoms with Crippen LogP contribution < -0.4 is 14.2 Å². The number of para-hydroxylation sites is 1. The van der Waals surface area contributed by atoms with Gasteiger partial charge in [0.05, 0.1) is 18.2 Å². The number of fused-ring (bicyclic) bond motifs is 1. The van der Waals surface area contributed by atoms with Crippen LogP contribution >= 0.6 is 0 Å². The summed E-state index contributed by atoms with van der Waals surface area (Å²) < 4.78 is 29.3. The molecule has 0 atom stereocenters. The van der Waals surface area contributed by atoms with Gasteiger partial charge in [-0.15, -0.1) is 0 Å². The Kier molecular flexibility index (Phi) is 4.83. The highest BCUT2D eigenvalue weighted by Gasteiger charge is 2.28. The van der Waals surface area contributed by atoms with Gasteiger partial charge >= 0.3 is 5.97 Å². The molecule has 0 aromatic heterocycles. The zero-order valence-corrected chi connectivity index (χ0v) is 15.3. The van der Waals surface area contributed by atoms with Gasteiger partial charge in [-0.3, -0.25) is 4.79 Å². The van der Waals surface area contributed by atoms with Crippen molar-refractivity contribution in [1.82, 2.24) is 0 Å². The molecule has 0 unspecified atom stereocenters. The first-order chi connectivity index (χ1) is 14.0. The summed E-state index contributed by atoms with van der Waals surface area (Å²) >= 11 is 0. The number of hydrogen-bond acceptors (Lipinski definition) is 5. The van der Waals surface area contributed by atoms with E-state index in [-0.39, 0.29) is 22.9 Å². The molecule has 4 rings (SSSR count). The van der Waals surface area contributed by atoms with Crippen molar-refractivity contribution >= 4 is 17.8 Å². The number of hydrogen-bond donors (Lipinski definition) is 0. The molecule has 144 valence electrons. The molecule has 0 saturated heterocycles. The lowest BCUT2D eigenvalue weighted by Crippen LogP contribution is -2.09. The summed E-state index contributed by atoms with van der Waals surface area (Å²) in [7, 11) is 1.53. The second kappa shape index (κ2) is 7.59. The topological polar surface area (TPSA) is 61.8 Å². The average Bonchev–Trinajstić information content (AvgIpc) is 3.04. The van der Waals surface area contributed by atoms with E-state index in [0.29, 0.717) is 22.6 Å². The summed E-state index contributed by atoms with van der Waals surface area (Å²) in [6.45, 7) is 0. The number of benzene rings is 3. The Hall–Kier alpha value is -3.93. The van der Waals surface area contributed by atoms with E-state index in [4.69, 9.17) is 14.2 Å². The Morgan fingerprint density at radius 1 is 1.03 bits per heavy atom. The Labute approximate surface area is 166 Å². The molecular formula is C23H15FO5. The highest BCUT2D eigenvalue weighted by molar-refractivity contribution is 6.14. The minimum Gasteiger partial charge on any atom is -0.497 e. The molecule has 0 amide bonds. The van der Waals surface area contributed by atoms with E-state index in [9.17, 15) is 14.0 Å². The fourth-order valence-corrected chi connectivity index (χ4v) is 2.87. The van der Waals surface area contributed by atoms with Crippen LogP contribution in [0.3, 0.4) is 0 Å². The molecule has 0 radical (unpaired) electrons. The predicted molar refractivity (Wildman–Crippen MR) is 104 cm³/mol. The predicted octanol–water partition coefficient (Wildman–Crippen LogP) is 4.67. The van der Waals surface area contributed by atoms with Crippen molar-refractivity contribution in [3.63, 3.8) is 0 Å². The molecule has 0 saturated carbocycles. The van der Waals surface area contributed by atoms with E-state index in [1.54, 1.807) is 42.5 Å². The smallest absolute Gasteiger partial charge is 0.343 e. The van der Waals surface area contributed by atoms with Crippen LogP contribution in [0, 0.1) is 5.82 Å². The molecule has 1 heterocycles. The number of esters is 1. The monoisotopic (exact) mass is 390 g/mol. The van der Waals surface area contributed by atoms with Gasteiger partial charge in [-0.1, -0.05) is 18.2 Å². The third kappa shape index (κ3) is 3.73. The van der Waals surface area contributed by atoms with Gasteiger partial charge in [0.2, 0.25) is 5.78 Å². The van der Waals surface area contributed by atoms with Crippen molar-refractivity contribution in [2.45, 2.75) is 0 Å². The number of carbonyl (C=O) groups excluding carboxylic acids is 2. The molecule has 5 nitrogen and oxygen atoms in total. The molecule has 6 heteroatoms. The van der Waals surface area contributed by atoms with Crippen LogP contribution in [0.25, 0.3) is 6.08 Å². The summed E-state index contributed by atoms with van der Waals surface area (Å²) in [6, 6.07) is 16.7. The van der Waals surface area contributed by atoms with E-state index < -0.39 is 11.8 Å². The molecule has 0 aliphatic carbocycles. The van der Waals surface area contributed by atoms with Gasteiger partial charge in [-0.2, -0.15) is 0 Å². The molecule has 1 aliphatic rings. The number of ether oxygens (including phenoxy) is 3. The van der Waals surface area contributed by atoms with Crippen LogP contribution in [0.5, 0.6) is 17.2 Å². The minimum atomic E-state index is -0.637. The summed E-state index contributed by atoms with van der Waals surface area (Å²) in [6.07, 6.45) is 1.52. The maximum absolute atomic E-state index is 13.1. The number of carbonyl (C=O) groups is 2. The van der Waals surface area contributed by atoms with Crippen LogP contribution in [0.15, 0.2) is 72.5 Å². The Bertz CT molecular complexity index is 1130. The van der Waals surface area contributed by atoms with Crippen molar-refractivity contribution in [2.75, 3.05) is 7.11 Å². The summed E-state index contributed by atoms with van der Waals surface area (Å²) in [5.74, 6) is -0.0183. The van der Waals surface area contributed by atoms with Gasteiger partial charge in [-0.25, -0.2) is 9.18 Å². The third-order valence-electron chi connectivity index (χ3n) is 4.37. The molecule has 1 aliphatic heterocycles. The summed E-state index contributed by atoms with van der Waals surface area (Å²) in [5.41, 5.74) is 1.13. The standard InChI is InChI=1S/C23H15FO5/c1-27-17-10-11-18-20(13-17)28-21(22(18)25)12-15-4-2-3-5-19(15)29-23(26)14-6-8-16(24)9-7-14/h2-13H,1H3/b21-12-. The molecule has 0 fully saturated rings. The van der Waals surface area contributed by atoms with E-state index in [2.05, 4.69) is 0 Å². The first kappa shape index (κ1) is 18.4. The maximum Gasteiger partial charge on any atom is 0.343 e. The van der Waals surface area contributed by atoms with E-state index in [0.717, 1.165) is 0 Å². The number of halogens is 1. The van der Waals surface area contributed by atoms with E-state index in [1.807, 2.05) is 0 Å². The van der Waals surface area contributed by atoms with Crippen molar-refractivity contribution in [3.05, 3.63) is 95.0 Å². The fourth-order valence-electron chi connectivity index (χ4n) is 2.87. The second-order valence-electron chi connectivity index (χ2n) is 6.24. The van der Waals surface area contributed by atoms with Gasteiger partial charge in [-0.05, 0) is 48.5 Å². The van der Waals surface area contributed by atoms with Gasteiger partial charge in [0, 0.05) is 11.6 Å². The number of ketones is 1. The molecule has 0 bridgehead atoms. The van der Waals surface area contributed by atoms with Crippen LogP contribution in [-0.4, -0.2) is 18.9 Å². The lowest BCUT2D eigenvalue weighted by atomic mass is 10.1. The van der Waals surface area contributed by atoms with Crippen molar-refractivity contribution in [1.29, 1.82) is 0 Å². The Balaban J connectivity index is 1.61. The zero-order valence-electron chi connectivity index (χ0n) is 15.3. The zero-order chi connectivity index (χ0) is 20.4. The minimum absolute atomic E-state index is 0.110. The highest BCUT2D eigenvalue weighted by Crippen LogP contribution is 2.35. The summed E-state index contributed by atoms with van der Waals surface area (Å²) in [4.78, 5) is 25.0. The van der Waals surface area contributed by atoms with Crippen LogP contribution in [0.2, 0.25) is 0 Å².